The van der Waals surface area contributed by atoms with Crippen LogP contribution < -0.4 is 5.32 Å². The molecule has 0 fully saturated rings. The van der Waals surface area contributed by atoms with Crippen LogP contribution in [0.15, 0.2) is 30.3 Å². The third-order valence-electron chi connectivity index (χ3n) is 4.40. The summed E-state index contributed by atoms with van der Waals surface area (Å²) in [6.07, 6.45) is 3.42. The van der Waals surface area contributed by atoms with E-state index in [9.17, 15) is 14.9 Å². The molecule has 1 aliphatic heterocycles. The number of anilines is 1. The highest BCUT2D eigenvalue weighted by molar-refractivity contribution is 7.16. The summed E-state index contributed by atoms with van der Waals surface area (Å²) in [4.78, 5) is 26.8. The van der Waals surface area contributed by atoms with E-state index in [1.807, 2.05) is 31.2 Å². The predicted octanol–water partition coefficient (Wildman–Crippen LogP) is 4.09. The Morgan fingerprint density at radius 3 is 2.96 bits per heavy atom. The van der Waals surface area contributed by atoms with Crippen LogP contribution in [-0.2, 0) is 22.5 Å². The molecule has 6 nitrogen and oxygen atoms in total. The molecule has 3 rings (SSSR count). The Hall–Kier alpha value is -3.11. The molecule has 144 valence electrons. The first-order valence-corrected chi connectivity index (χ1v) is 9.85. The average Bonchev–Trinajstić information content (AvgIpc) is 3.02. The summed E-state index contributed by atoms with van der Waals surface area (Å²) in [5.41, 5.74) is 3.45. The number of nitriles is 1. The summed E-state index contributed by atoms with van der Waals surface area (Å²) in [5, 5.41) is 12.9. The van der Waals surface area contributed by atoms with E-state index in [4.69, 9.17) is 4.74 Å². The maximum atomic E-state index is 12.3. The third-order valence-corrected chi connectivity index (χ3v) is 5.53. The Labute approximate surface area is 168 Å². The van der Waals surface area contributed by atoms with Crippen LogP contribution in [0, 0.1) is 18.3 Å². The van der Waals surface area contributed by atoms with Crippen molar-refractivity contribution in [1.29, 1.82) is 5.26 Å². The first-order chi connectivity index (χ1) is 13.5. The van der Waals surface area contributed by atoms with Gasteiger partial charge in [0, 0.05) is 17.5 Å². The van der Waals surface area contributed by atoms with Crippen LogP contribution in [0.25, 0.3) is 6.08 Å². The molecule has 1 aromatic carbocycles. The number of fused-ring (bicyclic) bond motifs is 1. The highest BCUT2D eigenvalue weighted by Gasteiger charge is 2.27. The second kappa shape index (κ2) is 8.72. The molecular weight excluding hydrogens is 374 g/mol. The molecule has 1 aromatic heterocycles. The zero-order valence-corrected chi connectivity index (χ0v) is 16.6. The van der Waals surface area contributed by atoms with Crippen molar-refractivity contribution in [3.05, 3.63) is 57.5 Å². The summed E-state index contributed by atoms with van der Waals surface area (Å²) in [7, 11) is 0. The first kappa shape index (κ1) is 19.6. The molecule has 0 saturated heterocycles. The van der Waals surface area contributed by atoms with Crippen molar-refractivity contribution in [2.45, 2.75) is 26.8 Å². The zero-order valence-electron chi connectivity index (χ0n) is 15.8. The lowest BCUT2D eigenvalue weighted by Gasteiger charge is -2.25. The van der Waals surface area contributed by atoms with Crippen LogP contribution >= 0.6 is 11.3 Å². The second-order valence-corrected chi connectivity index (χ2v) is 7.53. The summed E-state index contributed by atoms with van der Waals surface area (Å²) in [6.45, 7) is 4.97. The van der Waals surface area contributed by atoms with Gasteiger partial charge in [-0.1, -0.05) is 29.8 Å². The molecule has 0 unspecified atom stereocenters. The molecule has 2 amide bonds. The standard InChI is InChI=1S/C21H21N3O3S/c1-3-27-21(26)24-10-9-16-17(12-22)20(28-18(16)13-24)23-19(25)8-7-15-6-4-5-14(2)11-15/h4-8,11H,3,9-10,13H2,1-2H3,(H,23,25). The van der Waals surface area contributed by atoms with Gasteiger partial charge in [0.25, 0.3) is 0 Å². The van der Waals surface area contributed by atoms with E-state index in [1.165, 1.54) is 17.4 Å². The van der Waals surface area contributed by atoms with Gasteiger partial charge in [0.2, 0.25) is 5.91 Å². The van der Waals surface area contributed by atoms with Gasteiger partial charge in [-0.15, -0.1) is 11.3 Å². The molecule has 0 radical (unpaired) electrons. The van der Waals surface area contributed by atoms with E-state index in [0.717, 1.165) is 21.6 Å². The Bertz CT molecular complexity index is 972. The number of nitrogens with one attached hydrogen (secondary N) is 1. The minimum atomic E-state index is -0.355. The zero-order chi connectivity index (χ0) is 20.1. The van der Waals surface area contributed by atoms with Crippen molar-refractivity contribution in [3.63, 3.8) is 0 Å². The van der Waals surface area contributed by atoms with Crippen LogP contribution in [0.4, 0.5) is 9.80 Å². The Morgan fingerprint density at radius 2 is 2.25 bits per heavy atom. The number of thiophene rings is 1. The first-order valence-electron chi connectivity index (χ1n) is 9.04. The molecule has 0 atom stereocenters. The fourth-order valence-electron chi connectivity index (χ4n) is 3.08. The lowest BCUT2D eigenvalue weighted by molar-refractivity contribution is -0.111. The molecule has 1 N–H and O–H groups in total. The predicted molar refractivity (Wildman–Crippen MR) is 109 cm³/mol. The molecule has 2 heterocycles. The van der Waals surface area contributed by atoms with Crippen LogP contribution in [0.1, 0.15) is 34.1 Å². The average molecular weight is 395 g/mol. The van der Waals surface area contributed by atoms with Gasteiger partial charge in [0.1, 0.15) is 11.1 Å². The molecule has 0 bridgehead atoms. The number of hydrogen-bond donors (Lipinski definition) is 1. The molecule has 0 saturated carbocycles. The number of carbonyl (C=O) groups excluding carboxylic acids is 2. The van der Waals surface area contributed by atoms with E-state index < -0.39 is 0 Å². The molecule has 0 aliphatic carbocycles. The van der Waals surface area contributed by atoms with Gasteiger partial charge in [-0.05, 0) is 37.5 Å². The number of rotatable bonds is 4. The minimum absolute atomic E-state index is 0.293. The third kappa shape index (κ3) is 4.41. The van der Waals surface area contributed by atoms with Crippen molar-refractivity contribution in [2.75, 3.05) is 18.5 Å². The largest absolute Gasteiger partial charge is 0.450 e. The number of nitrogens with zero attached hydrogens (tertiary/aromatic N) is 2. The number of ether oxygens (including phenoxy) is 1. The van der Waals surface area contributed by atoms with E-state index >= 15 is 0 Å². The molecule has 0 spiro atoms. The van der Waals surface area contributed by atoms with Gasteiger partial charge < -0.3 is 15.0 Å². The molecular formula is C21H21N3O3S. The van der Waals surface area contributed by atoms with Crippen LogP contribution in [0.3, 0.4) is 0 Å². The molecule has 28 heavy (non-hydrogen) atoms. The smallest absolute Gasteiger partial charge is 0.410 e. The summed E-state index contributed by atoms with van der Waals surface area (Å²) in [5.74, 6) is -0.293. The summed E-state index contributed by atoms with van der Waals surface area (Å²) in [6, 6.07) is 10.0. The van der Waals surface area contributed by atoms with Gasteiger partial charge in [0.15, 0.2) is 0 Å². The molecule has 2 aromatic rings. The number of amides is 2. The van der Waals surface area contributed by atoms with Gasteiger partial charge >= 0.3 is 6.09 Å². The number of benzene rings is 1. The fraction of sp³-hybridized carbons (Fsp3) is 0.286. The van der Waals surface area contributed by atoms with Crippen LogP contribution in [0.2, 0.25) is 0 Å². The van der Waals surface area contributed by atoms with Gasteiger partial charge in [-0.2, -0.15) is 5.26 Å². The highest BCUT2D eigenvalue weighted by Crippen LogP contribution is 2.36. The van der Waals surface area contributed by atoms with Crippen LogP contribution in [0.5, 0.6) is 0 Å². The topological polar surface area (TPSA) is 82.4 Å². The minimum Gasteiger partial charge on any atom is -0.450 e. The number of carbonyl (C=O) groups is 2. The molecule has 7 heteroatoms. The number of hydrogen-bond acceptors (Lipinski definition) is 5. The molecule has 1 aliphatic rings. The Balaban J connectivity index is 1.74. The Kier molecular flexibility index (Phi) is 6.12. The second-order valence-electron chi connectivity index (χ2n) is 6.43. The van der Waals surface area contributed by atoms with E-state index in [1.54, 1.807) is 17.9 Å². The van der Waals surface area contributed by atoms with Crippen molar-refractivity contribution < 1.29 is 14.3 Å². The summed E-state index contributed by atoms with van der Waals surface area (Å²) < 4.78 is 5.05. The highest BCUT2D eigenvalue weighted by atomic mass is 32.1. The SMILES string of the molecule is CCOC(=O)N1CCc2c(sc(NC(=O)C=Cc3cccc(C)c3)c2C#N)C1. The van der Waals surface area contributed by atoms with Gasteiger partial charge in [-0.3, -0.25) is 4.79 Å². The normalized spacial score (nSPS) is 13.1. The lowest BCUT2D eigenvalue weighted by Crippen LogP contribution is -2.35. The summed E-state index contributed by atoms with van der Waals surface area (Å²) >= 11 is 1.34. The van der Waals surface area contributed by atoms with Crippen molar-refractivity contribution in [2.24, 2.45) is 0 Å². The lowest BCUT2D eigenvalue weighted by atomic mass is 10.0. The van der Waals surface area contributed by atoms with Crippen molar-refractivity contribution >= 4 is 34.4 Å². The maximum Gasteiger partial charge on any atom is 0.410 e. The van der Waals surface area contributed by atoms with E-state index in [2.05, 4.69) is 11.4 Å². The fourth-order valence-corrected chi connectivity index (χ4v) is 4.30. The van der Waals surface area contributed by atoms with E-state index in [0.29, 0.717) is 36.7 Å². The van der Waals surface area contributed by atoms with E-state index in [-0.39, 0.29) is 12.0 Å². The monoisotopic (exact) mass is 395 g/mol. The van der Waals surface area contributed by atoms with Gasteiger partial charge in [-0.25, -0.2) is 4.79 Å². The maximum absolute atomic E-state index is 12.3. The quantitative estimate of drug-likeness (QED) is 0.791. The van der Waals surface area contributed by atoms with Crippen molar-refractivity contribution in [3.8, 4) is 6.07 Å². The van der Waals surface area contributed by atoms with Crippen molar-refractivity contribution in [1.82, 2.24) is 4.90 Å². The van der Waals surface area contributed by atoms with Gasteiger partial charge in [0.05, 0.1) is 18.7 Å². The number of aryl methyl sites for hydroxylation is 1. The van der Waals surface area contributed by atoms with Crippen LogP contribution in [-0.4, -0.2) is 30.1 Å². The Morgan fingerprint density at radius 1 is 1.43 bits per heavy atom.